The van der Waals surface area contributed by atoms with Gasteiger partial charge >= 0.3 is 7.82 Å². The molecule has 3 atom stereocenters. The predicted molar refractivity (Wildman–Crippen MR) is 244 cm³/mol. The van der Waals surface area contributed by atoms with Crippen LogP contribution in [0.5, 0.6) is 0 Å². The zero-order valence-corrected chi connectivity index (χ0v) is 38.7. The minimum absolute atomic E-state index is 0.0510. The number of quaternary nitrogens is 1. The fourth-order valence-corrected chi connectivity index (χ4v) is 7.21. The van der Waals surface area contributed by atoms with Gasteiger partial charge in [-0.15, -0.1) is 0 Å². The summed E-state index contributed by atoms with van der Waals surface area (Å²) in [5.41, 5.74) is 0. The molecule has 3 N–H and O–H groups in total. The molecular weight excluding hydrogens is 732 g/mol. The van der Waals surface area contributed by atoms with Crippen molar-refractivity contribution in [3.05, 3.63) is 48.6 Å². The van der Waals surface area contributed by atoms with Crippen LogP contribution in [0.25, 0.3) is 0 Å². The lowest BCUT2D eigenvalue weighted by molar-refractivity contribution is -0.870. The van der Waals surface area contributed by atoms with Crippen molar-refractivity contribution in [2.45, 2.75) is 212 Å². The van der Waals surface area contributed by atoms with E-state index in [-0.39, 0.29) is 19.1 Å². The molecule has 0 aliphatic rings. The van der Waals surface area contributed by atoms with Crippen molar-refractivity contribution in [2.24, 2.45) is 0 Å². The van der Waals surface area contributed by atoms with Gasteiger partial charge in [0, 0.05) is 6.42 Å². The summed E-state index contributed by atoms with van der Waals surface area (Å²) in [5.74, 6) is -0.201. The Morgan fingerprint density at radius 2 is 0.965 bits per heavy atom. The number of phosphoric ester groups is 1. The number of aliphatic hydroxyl groups excluding tert-OH is 1. The molecule has 57 heavy (non-hydrogen) atoms. The second-order valence-corrected chi connectivity index (χ2v) is 18.6. The van der Waals surface area contributed by atoms with Crippen molar-refractivity contribution in [3.8, 4) is 0 Å². The molecule has 0 heterocycles. The van der Waals surface area contributed by atoms with Crippen LogP contribution in [0.1, 0.15) is 200 Å². The van der Waals surface area contributed by atoms with Crippen LogP contribution >= 0.6 is 7.82 Å². The van der Waals surface area contributed by atoms with Crippen molar-refractivity contribution >= 4 is 13.7 Å². The van der Waals surface area contributed by atoms with E-state index in [2.05, 4.69) is 55.6 Å². The van der Waals surface area contributed by atoms with E-state index in [1.807, 2.05) is 27.2 Å². The number of nitrogens with one attached hydrogen (secondary N) is 1. The summed E-state index contributed by atoms with van der Waals surface area (Å²) in [5, 5.41) is 13.8. The Morgan fingerprint density at radius 3 is 1.40 bits per heavy atom. The lowest BCUT2D eigenvalue weighted by atomic mass is 10.1. The molecule has 0 radical (unpaired) electrons. The summed E-state index contributed by atoms with van der Waals surface area (Å²) in [6.07, 6.45) is 50.4. The minimum atomic E-state index is -4.35. The third-order valence-corrected chi connectivity index (χ3v) is 11.2. The zero-order valence-electron chi connectivity index (χ0n) is 37.8. The number of likely N-dealkylation sites (N-methyl/N-ethyl adjacent to an activating group) is 1. The largest absolute Gasteiger partial charge is 0.472 e. The van der Waals surface area contributed by atoms with Crippen LogP contribution in [0.2, 0.25) is 0 Å². The van der Waals surface area contributed by atoms with Gasteiger partial charge in [-0.2, -0.15) is 0 Å². The van der Waals surface area contributed by atoms with E-state index in [4.69, 9.17) is 9.05 Å². The first-order chi connectivity index (χ1) is 27.5. The minimum Gasteiger partial charge on any atom is -0.387 e. The van der Waals surface area contributed by atoms with Gasteiger partial charge in [-0.3, -0.25) is 13.8 Å². The summed E-state index contributed by atoms with van der Waals surface area (Å²) in [4.78, 5) is 23.1. The van der Waals surface area contributed by atoms with E-state index < -0.39 is 20.0 Å². The van der Waals surface area contributed by atoms with E-state index in [0.29, 0.717) is 17.4 Å². The maximum atomic E-state index is 12.9. The van der Waals surface area contributed by atoms with Gasteiger partial charge in [0.2, 0.25) is 5.91 Å². The standard InChI is InChI=1S/C48H91N2O6P/c1-6-8-10-12-14-16-18-20-22-23-24-25-26-28-29-31-33-35-37-39-41-47(51)46(45-56-57(53,54)55-44-43-50(3,4)5)49-48(52)42-40-38-36-34-32-30-27-21-19-17-15-13-11-9-7-2/h21,25-27,31,33,39,41,46-47,51H,6-20,22-24,28-30,32,34-38,40,42-45H2,1-5H3,(H-,49,52,53,54)/p+1/b26-25+,27-21-,33-31+,41-39+. The number of carbonyl (C=O) groups excluding carboxylic acids is 1. The van der Waals surface area contributed by atoms with Crippen molar-refractivity contribution in [1.82, 2.24) is 5.32 Å². The lowest BCUT2D eigenvalue weighted by Crippen LogP contribution is -2.45. The lowest BCUT2D eigenvalue weighted by Gasteiger charge is -2.25. The van der Waals surface area contributed by atoms with Gasteiger partial charge in [0.15, 0.2) is 0 Å². The number of unbranched alkanes of at least 4 members (excludes halogenated alkanes) is 23. The van der Waals surface area contributed by atoms with E-state index in [9.17, 15) is 19.4 Å². The molecule has 334 valence electrons. The highest BCUT2D eigenvalue weighted by Gasteiger charge is 2.27. The van der Waals surface area contributed by atoms with E-state index in [0.717, 1.165) is 57.8 Å². The van der Waals surface area contributed by atoms with Crippen LogP contribution < -0.4 is 5.32 Å². The maximum absolute atomic E-state index is 12.9. The SMILES string of the molecule is CCCCCCCC/C=C\CCCCCCCC(=O)NC(COP(=O)(O)OCC[N+](C)(C)C)C(O)/C=C/CC/C=C/CC/C=C/CCCCCCCCCCCC. The Labute approximate surface area is 352 Å². The molecule has 3 unspecified atom stereocenters. The summed E-state index contributed by atoms with van der Waals surface area (Å²) in [6.45, 7) is 4.77. The van der Waals surface area contributed by atoms with Crippen LogP contribution in [-0.4, -0.2) is 73.4 Å². The van der Waals surface area contributed by atoms with Gasteiger partial charge in [0.1, 0.15) is 13.2 Å². The number of hydrogen-bond acceptors (Lipinski definition) is 5. The molecule has 0 rings (SSSR count). The summed E-state index contributed by atoms with van der Waals surface area (Å²) in [6, 6.07) is -0.873. The predicted octanol–water partition coefficient (Wildman–Crippen LogP) is 13.2. The first-order valence-electron chi connectivity index (χ1n) is 23.5. The Bertz CT molecular complexity index is 1070. The number of hydrogen-bond donors (Lipinski definition) is 3. The molecule has 0 aromatic carbocycles. The zero-order chi connectivity index (χ0) is 42.1. The number of amides is 1. The van der Waals surface area contributed by atoms with Gasteiger partial charge < -0.3 is 19.8 Å². The molecule has 1 amide bonds. The topological polar surface area (TPSA) is 105 Å². The van der Waals surface area contributed by atoms with Gasteiger partial charge in [-0.25, -0.2) is 4.57 Å². The van der Waals surface area contributed by atoms with Gasteiger partial charge in [0.25, 0.3) is 0 Å². The highest BCUT2D eigenvalue weighted by atomic mass is 31.2. The highest BCUT2D eigenvalue weighted by molar-refractivity contribution is 7.47. The third kappa shape index (κ3) is 42.4. The Hall–Kier alpha value is -1.54. The molecule has 0 aromatic heterocycles. The van der Waals surface area contributed by atoms with E-state index in [1.54, 1.807) is 6.08 Å². The van der Waals surface area contributed by atoms with E-state index in [1.165, 1.54) is 122 Å². The summed E-state index contributed by atoms with van der Waals surface area (Å²) >= 11 is 0. The molecule has 0 saturated heterocycles. The van der Waals surface area contributed by atoms with Crippen molar-refractivity contribution in [2.75, 3.05) is 40.9 Å². The quantitative estimate of drug-likeness (QED) is 0.0245. The summed E-state index contributed by atoms with van der Waals surface area (Å²) < 4.78 is 23.5. The molecule has 0 spiro atoms. The maximum Gasteiger partial charge on any atom is 0.472 e. The van der Waals surface area contributed by atoms with Crippen LogP contribution in [0.15, 0.2) is 48.6 Å². The van der Waals surface area contributed by atoms with E-state index >= 15 is 0 Å². The number of allylic oxidation sites excluding steroid dienone is 7. The van der Waals surface area contributed by atoms with Crippen LogP contribution in [0, 0.1) is 0 Å². The second-order valence-electron chi connectivity index (χ2n) is 17.1. The fraction of sp³-hybridized carbons (Fsp3) is 0.812. The molecule has 9 heteroatoms. The van der Waals surface area contributed by atoms with Crippen LogP contribution in [-0.2, 0) is 18.4 Å². The fourth-order valence-electron chi connectivity index (χ4n) is 6.48. The molecule has 0 saturated carbocycles. The van der Waals surface area contributed by atoms with Crippen LogP contribution in [0.4, 0.5) is 0 Å². The van der Waals surface area contributed by atoms with Crippen molar-refractivity contribution < 1.29 is 32.9 Å². The molecule has 0 aromatic rings. The van der Waals surface area contributed by atoms with Crippen molar-refractivity contribution in [1.29, 1.82) is 0 Å². The first kappa shape index (κ1) is 55.5. The molecule has 0 aliphatic heterocycles. The van der Waals surface area contributed by atoms with Gasteiger partial charge in [-0.05, 0) is 70.6 Å². The average Bonchev–Trinajstić information content (AvgIpc) is 3.16. The molecule has 8 nitrogen and oxygen atoms in total. The first-order valence-corrected chi connectivity index (χ1v) is 25.0. The van der Waals surface area contributed by atoms with Crippen molar-refractivity contribution in [3.63, 3.8) is 0 Å². The van der Waals surface area contributed by atoms with Gasteiger partial charge in [0.05, 0.1) is 39.9 Å². The molecule has 0 fully saturated rings. The molecule has 0 aliphatic carbocycles. The normalized spacial score (nSPS) is 14.7. The summed E-state index contributed by atoms with van der Waals surface area (Å²) in [7, 11) is 1.54. The third-order valence-electron chi connectivity index (χ3n) is 10.2. The number of rotatable bonds is 42. The Morgan fingerprint density at radius 1 is 0.579 bits per heavy atom. The number of phosphoric acid groups is 1. The molecular formula is C48H92N2O6P+. The number of aliphatic hydroxyl groups is 1. The average molecular weight is 824 g/mol. The smallest absolute Gasteiger partial charge is 0.387 e. The van der Waals surface area contributed by atoms with Crippen LogP contribution in [0.3, 0.4) is 0 Å². The Kier molecular flexibility index (Phi) is 38.8. The molecule has 0 bridgehead atoms. The van der Waals surface area contributed by atoms with Gasteiger partial charge in [-0.1, -0.05) is 172 Å². The highest BCUT2D eigenvalue weighted by Crippen LogP contribution is 2.43. The number of carbonyl (C=O) groups is 1. The monoisotopic (exact) mass is 824 g/mol. The Balaban J connectivity index is 4.48. The second kappa shape index (κ2) is 39.9. The number of nitrogens with zero attached hydrogens (tertiary/aromatic N) is 1.